The average molecular weight is 377 g/mol. The van der Waals surface area contributed by atoms with Crippen molar-refractivity contribution in [2.24, 2.45) is 0 Å². The molecular weight excluding hydrogens is 363 g/mol. The normalized spacial score (nSPS) is 10.8. The van der Waals surface area contributed by atoms with Crippen molar-refractivity contribution < 1.29 is 10.0 Å². The number of aliphatic hydroxyl groups excluding tert-OH is 1. The van der Waals surface area contributed by atoms with Crippen LogP contribution < -0.4 is 4.90 Å². The minimum atomic E-state index is -0.473. The molecule has 0 aromatic carbocycles. The number of aliphatic hydroxyl groups is 1. The van der Waals surface area contributed by atoms with Gasteiger partial charge in [-0.15, -0.1) is 11.3 Å². The maximum absolute atomic E-state index is 11.4. The van der Waals surface area contributed by atoms with Crippen LogP contribution in [0.25, 0.3) is 0 Å². The fraction of sp³-hybridized carbons (Fsp3) is 0.385. The second-order valence-electron chi connectivity index (χ2n) is 4.77. The minimum absolute atomic E-state index is 0.0344. The van der Waals surface area contributed by atoms with Gasteiger partial charge < -0.3 is 10.0 Å². The summed E-state index contributed by atoms with van der Waals surface area (Å²) in [5, 5.41) is 20.7. The molecule has 10 heteroatoms. The summed E-state index contributed by atoms with van der Waals surface area (Å²) in [6, 6.07) is 1.46. The Kier molecular flexibility index (Phi) is 6.11. The molecule has 0 radical (unpaired) electrons. The van der Waals surface area contributed by atoms with Gasteiger partial charge in [-0.25, -0.2) is 9.97 Å². The van der Waals surface area contributed by atoms with Crippen LogP contribution in [0.2, 0.25) is 9.62 Å². The lowest BCUT2D eigenvalue weighted by atomic mass is 10.2. The molecule has 0 unspecified atom stereocenters. The van der Waals surface area contributed by atoms with E-state index in [-0.39, 0.29) is 23.3 Å². The fourth-order valence-corrected chi connectivity index (χ4v) is 3.36. The molecule has 0 atom stereocenters. The molecule has 23 heavy (non-hydrogen) atoms. The molecule has 0 saturated heterocycles. The summed E-state index contributed by atoms with van der Waals surface area (Å²) in [5.74, 6) is 0.179. The summed E-state index contributed by atoms with van der Waals surface area (Å²) < 4.78 is 0.395. The lowest BCUT2D eigenvalue weighted by molar-refractivity contribution is -0.384. The first kappa shape index (κ1) is 17.9. The van der Waals surface area contributed by atoms with E-state index in [1.807, 2.05) is 0 Å². The quantitative estimate of drug-likeness (QED) is 0.451. The number of pyridine rings is 1. The first-order valence-corrected chi connectivity index (χ1v) is 8.27. The molecule has 0 aliphatic heterocycles. The van der Waals surface area contributed by atoms with E-state index < -0.39 is 4.92 Å². The SMILES string of the molecule is Cc1cc(Cl)nc(N(CCCO)Cc2cnc(Cl)s2)c1[N+](=O)[O-]. The third kappa shape index (κ3) is 4.51. The van der Waals surface area contributed by atoms with Gasteiger partial charge in [0.25, 0.3) is 0 Å². The molecule has 2 aromatic heterocycles. The number of aromatic nitrogens is 2. The zero-order valence-corrected chi connectivity index (χ0v) is 14.5. The first-order chi connectivity index (χ1) is 10.9. The van der Waals surface area contributed by atoms with Crippen LogP contribution in [0, 0.1) is 17.0 Å². The lowest BCUT2D eigenvalue weighted by Crippen LogP contribution is -2.26. The zero-order valence-electron chi connectivity index (χ0n) is 12.2. The maximum atomic E-state index is 11.4. The summed E-state index contributed by atoms with van der Waals surface area (Å²) in [6.07, 6.45) is 2.05. The molecule has 124 valence electrons. The zero-order chi connectivity index (χ0) is 17.0. The Morgan fingerprint density at radius 3 is 2.78 bits per heavy atom. The Labute approximate surface area is 146 Å². The molecule has 0 spiro atoms. The van der Waals surface area contributed by atoms with Gasteiger partial charge in [0.2, 0.25) is 5.82 Å². The number of hydrogen-bond donors (Lipinski definition) is 1. The van der Waals surface area contributed by atoms with Crippen molar-refractivity contribution in [3.63, 3.8) is 0 Å². The van der Waals surface area contributed by atoms with Crippen LogP contribution in [0.5, 0.6) is 0 Å². The molecule has 2 heterocycles. The van der Waals surface area contributed by atoms with Gasteiger partial charge in [0, 0.05) is 29.8 Å². The molecule has 0 amide bonds. The van der Waals surface area contributed by atoms with E-state index in [2.05, 4.69) is 9.97 Å². The monoisotopic (exact) mass is 376 g/mol. The number of anilines is 1. The largest absolute Gasteiger partial charge is 0.396 e. The Morgan fingerprint density at radius 1 is 1.48 bits per heavy atom. The van der Waals surface area contributed by atoms with Crippen LogP contribution in [-0.2, 0) is 6.54 Å². The van der Waals surface area contributed by atoms with Crippen molar-refractivity contribution in [1.29, 1.82) is 0 Å². The van der Waals surface area contributed by atoms with Crippen molar-refractivity contribution in [2.45, 2.75) is 19.9 Å². The highest BCUT2D eigenvalue weighted by atomic mass is 35.5. The summed E-state index contributed by atoms with van der Waals surface area (Å²) >= 11 is 13.1. The van der Waals surface area contributed by atoms with E-state index >= 15 is 0 Å². The third-order valence-electron chi connectivity index (χ3n) is 3.07. The Hall–Kier alpha value is -1.48. The summed E-state index contributed by atoms with van der Waals surface area (Å²) in [5.41, 5.74) is 0.337. The molecule has 0 aliphatic carbocycles. The number of halogens is 2. The second-order valence-corrected chi connectivity index (χ2v) is 6.85. The number of nitrogens with zero attached hydrogens (tertiary/aromatic N) is 4. The Balaban J connectivity index is 2.43. The van der Waals surface area contributed by atoms with E-state index in [1.54, 1.807) is 18.0 Å². The van der Waals surface area contributed by atoms with Crippen LogP contribution in [0.4, 0.5) is 11.5 Å². The highest BCUT2D eigenvalue weighted by Gasteiger charge is 2.25. The summed E-state index contributed by atoms with van der Waals surface area (Å²) in [4.78, 5) is 21.6. The molecule has 0 saturated carbocycles. The van der Waals surface area contributed by atoms with Crippen LogP contribution in [0.3, 0.4) is 0 Å². The van der Waals surface area contributed by atoms with Crippen LogP contribution in [0.15, 0.2) is 12.3 Å². The van der Waals surface area contributed by atoms with Crippen molar-refractivity contribution in [2.75, 3.05) is 18.1 Å². The van der Waals surface area contributed by atoms with Crippen molar-refractivity contribution in [1.82, 2.24) is 9.97 Å². The molecule has 7 nitrogen and oxygen atoms in total. The van der Waals surface area contributed by atoms with E-state index in [9.17, 15) is 10.1 Å². The predicted molar refractivity (Wildman–Crippen MR) is 90.5 cm³/mol. The van der Waals surface area contributed by atoms with E-state index in [0.717, 1.165) is 4.88 Å². The number of hydrogen-bond acceptors (Lipinski definition) is 7. The molecule has 0 bridgehead atoms. The number of nitro groups is 1. The molecule has 2 aromatic rings. The topological polar surface area (TPSA) is 92.4 Å². The third-order valence-corrected chi connectivity index (χ3v) is 4.37. The molecule has 0 aliphatic rings. The van der Waals surface area contributed by atoms with Crippen LogP contribution in [0.1, 0.15) is 16.9 Å². The number of rotatable bonds is 7. The smallest absolute Gasteiger partial charge is 0.314 e. The van der Waals surface area contributed by atoms with Gasteiger partial charge in [0.15, 0.2) is 4.47 Å². The van der Waals surface area contributed by atoms with Crippen molar-refractivity contribution >= 4 is 46.0 Å². The van der Waals surface area contributed by atoms with Gasteiger partial charge in [-0.05, 0) is 19.4 Å². The molecule has 1 N–H and O–H groups in total. The maximum Gasteiger partial charge on any atom is 0.314 e. The van der Waals surface area contributed by atoms with E-state index in [0.29, 0.717) is 29.5 Å². The Morgan fingerprint density at radius 2 is 2.22 bits per heavy atom. The van der Waals surface area contributed by atoms with Crippen molar-refractivity contribution in [3.8, 4) is 0 Å². The average Bonchev–Trinajstić information content (AvgIpc) is 2.87. The van der Waals surface area contributed by atoms with Gasteiger partial charge in [-0.3, -0.25) is 10.1 Å². The van der Waals surface area contributed by atoms with E-state index in [4.69, 9.17) is 28.3 Å². The number of aryl methyl sites for hydroxylation is 1. The summed E-state index contributed by atoms with van der Waals surface area (Å²) in [6.45, 7) is 2.31. The van der Waals surface area contributed by atoms with Crippen molar-refractivity contribution in [3.05, 3.63) is 42.4 Å². The van der Waals surface area contributed by atoms with Gasteiger partial charge in [-0.1, -0.05) is 23.2 Å². The highest BCUT2D eigenvalue weighted by Crippen LogP contribution is 2.33. The van der Waals surface area contributed by atoms with Gasteiger partial charge in [0.05, 0.1) is 11.5 Å². The summed E-state index contributed by atoms with van der Waals surface area (Å²) in [7, 11) is 0. The highest BCUT2D eigenvalue weighted by molar-refractivity contribution is 7.15. The van der Waals surface area contributed by atoms with Crippen LogP contribution in [-0.4, -0.2) is 33.1 Å². The fourth-order valence-electron chi connectivity index (χ4n) is 2.12. The second kappa shape index (κ2) is 7.87. The van der Waals surface area contributed by atoms with Gasteiger partial charge >= 0.3 is 5.69 Å². The van der Waals surface area contributed by atoms with Gasteiger partial charge in [-0.2, -0.15) is 0 Å². The standard InChI is InChI=1S/C13H14Cl2N4O3S/c1-8-5-10(14)17-12(11(8)19(21)22)18(3-2-4-20)7-9-6-16-13(15)23-9/h5-6,20H,2-4,7H2,1H3. The molecule has 2 rings (SSSR count). The number of thiazole rings is 1. The predicted octanol–water partition coefficient (Wildman–Crippen LogP) is 3.45. The lowest BCUT2D eigenvalue weighted by Gasteiger charge is -2.23. The van der Waals surface area contributed by atoms with E-state index in [1.165, 1.54) is 17.4 Å². The molecular formula is C13H14Cl2N4O3S. The Bertz CT molecular complexity index is 711. The van der Waals surface area contributed by atoms with Gasteiger partial charge in [0.1, 0.15) is 5.15 Å². The minimum Gasteiger partial charge on any atom is -0.396 e. The van der Waals surface area contributed by atoms with Crippen LogP contribution >= 0.6 is 34.5 Å². The first-order valence-electron chi connectivity index (χ1n) is 6.70. The molecule has 0 fully saturated rings.